The van der Waals surface area contributed by atoms with Crippen LogP contribution in [0.15, 0.2) is 60.8 Å². The van der Waals surface area contributed by atoms with Crippen LogP contribution in [0.25, 0.3) is 10.9 Å². The number of carbonyl (C=O) groups is 1. The number of rotatable bonds is 3. The van der Waals surface area contributed by atoms with Crippen LogP contribution in [-0.2, 0) is 11.3 Å². The number of piperazine rings is 1. The van der Waals surface area contributed by atoms with Gasteiger partial charge in [-0.25, -0.2) is 4.39 Å². The first kappa shape index (κ1) is 15.5. The molecule has 4 nitrogen and oxygen atoms in total. The van der Waals surface area contributed by atoms with Gasteiger partial charge in [-0.1, -0.05) is 24.3 Å². The molecule has 2 fully saturated rings. The monoisotopic (exact) mass is 347 g/mol. The van der Waals surface area contributed by atoms with Crippen LogP contribution < -0.4 is 4.90 Å². The maximum absolute atomic E-state index is 14.1. The largest absolute Gasteiger partial charge is 0.304 e. The molecule has 2 saturated heterocycles. The number of likely N-dealkylation sites (tertiary alicyclic amines) is 1. The average Bonchev–Trinajstić information content (AvgIpc) is 3.20. The second-order valence-corrected chi connectivity index (χ2v) is 7.02. The Morgan fingerprint density at radius 1 is 1.12 bits per heavy atom. The zero-order chi connectivity index (χ0) is 17.7. The van der Waals surface area contributed by atoms with Gasteiger partial charge in [-0.2, -0.15) is 0 Å². The lowest BCUT2D eigenvalue weighted by Gasteiger charge is -2.34. The Morgan fingerprint density at radius 3 is 2.85 bits per heavy atom. The van der Waals surface area contributed by atoms with E-state index < -0.39 is 0 Å². The van der Waals surface area contributed by atoms with Crippen molar-refractivity contribution in [2.45, 2.75) is 25.0 Å². The molecule has 26 heavy (non-hydrogen) atoms. The molecule has 130 valence electrons. The molecule has 3 heterocycles. The zero-order valence-electron chi connectivity index (χ0n) is 14.2. The minimum atomic E-state index is -0.332. The lowest BCUT2D eigenvalue weighted by atomic mass is 10.1. The highest BCUT2D eigenvalue weighted by atomic mass is 19.1. The van der Waals surface area contributed by atoms with Gasteiger partial charge in [0.1, 0.15) is 5.82 Å². The van der Waals surface area contributed by atoms with Gasteiger partial charge in [-0.3, -0.25) is 14.7 Å². The summed E-state index contributed by atoms with van der Waals surface area (Å²) in [7, 11) is 0. The number of carbonyl (C=O) groups excluding carboxylic acids is 1. The second kappa shape index (κ2) is 5.88. The Bertz CT molecular complexity index is 1010. The summed E-state index contributed by atoms with van der Waals surface area (Å²) in [5, 5.41) is 1.11. The Kier molecular flexibility index (Phi) is 3.50. The third kappa shape index (κ3) is 2.39. The SMILES string of the molecule is O=C1[C@@H]2C[C@@H](CN2Cc2ccc3ncccc3c2)N1c1ccccc1F. The standard InChI is InChI=1S/C21H18FN3O/c22-17-5-1-2-6-19(17)25-16-11-20(21(25)26)24(13-16)12-14-7-8-18-15(10-14)4-3-9-23-18/h1-10,16,20H,11-13H2/t16-,20-/m0/s1. The van der Waals surface area contributed by atoms with Gasteiger partial charge < -0.3 is 4.90 Å². The Balaban J connectivity index is 1.37. The summed E-state index contributed by atoms with van der Waals surface area (Å²) >= 11 is 0. The van der Waals surface area contributed by atoms with Gasteiger partial charge >= 0.3 is 0 Å². The number of aromatic nitrogens is 1. The Hall–Kier alpha value is -2.79. The lowest BCUT2D eigenvalue weighted by molar-refractivity contribution is -0.122. The van der Waals surface area contributed by atoms with Crippen LogP contribution in [0.4, 0.5) is 10.1 Å². The molecular weight excluding hydrogens is 329 g/mol. The molecule has 2 bridgehead atoms. The molecule has 0 saturated carbocycles. The highest BCUT2D eigenvalue weighted by Crippen LogP contribution is 2.37. The number of benzene rings is 2. The number of nitrogens with zero attached hydrogens (tertiary/aromatic N) is 3. The number of hydrogen-bond donors (Lipinski definition) is 0. The summed E-state index contributed by atoms with van der Waals surface area (Å²) < 4.78 is 14.1. The van der Waals surface area contributed by atoms with E-state index in [9.17, 15) is 9.18 Å². The van der Waals surface area contributed by atoms with E-state index >= 15 is 0 Å². The highest BCUT2D eigenvalue weighted by Gasteiger charge is 2.50. The Labute approximate surface area is 150 Å². The molecule has 0 aliphatic carbocycles. The molecule has 1 amide bonds. The van der Waals surface area contributed by atoms with E-state index in [4.69, 9.17) is 0 Å². The molecule has 0 N–H and O–H groups in total. The van der Waals surface area contributed by atoms with E-state index in [2.05, 4.69) is 22.0 Å². The molecule has 5 heteroatoms. The van der Waals surface area contributed by atoms with Crippen LogP contribution in [0.2, 0.25) is 0 Å². The summed E-state index contributed by atoms with van der Waals surface area (Å²) in [6.07, 6.45) is 2.56. The molecular formula is C21H18FN3O. The summed E-state index contributed by atoms with van der Waals surface area (Å²) in [4.78, 5) is 21.1. The molecule has 2 atom stereocenters. The van der Waals surface area contributed by atoms with Gasteiger partial charge in [0.25, 0.3) is 0 Å². The van der Waals surface area contributed by atoms with Crippen molar-refractivity contribution in [1.82, 2.24) is 9.88 Å². The van der Waals surface area contributed by atoms with Crippen molar-refractivity contribution in [2.24, 2.45) is 0 Å². The van der Waals surface area contributed by atoms with Gasteiger partial charge in [0, 0.05) is 24.7 Å². The van der Waals surface area contributed by atoms with E-state index in [1.807, 2.05) is 18.2 Å². The highest BCUT2D eigenvalue weighted by molar-refractivity contribution is 6.01. The molecule has 2 aliphatic heterocycles. The maximum atomic E-state index is 14.1. The lowest BCUT2D eigenvalue weighted by Crippen LogP contribution is -2.50. The van der Waals surface area contributed by atoms with Crippen LogP contribution in [0.1, 0.15) is 12.0 Å². The second-order valence-electron chi connectivity index (χ2n) is 7.02. The maximum Gasteiger partial charge on any atom is 0.244 e. The first-order valence-corrected chi connectivity index (χ1v) is 8.86. The number of fused-ring (bicyclic) bond motifs is 3. The van der Waals surface area contributed by atoms with Crippen molar-refractivity contribution in [2.75, 3.05) is 11.4 Å². The van der Waals surface area contributed by atoms with Crippen molar-refractivity contribution < 1.29 is 9.18 Å². The molecule has 0 unspecified atom stereocenters. The molecule has 3 aromatic rings. The predicted octanol–water partition coefficient (Wildman–Crippen LogP) is 3.36. The number of anilines is 1. The number of halogens is 1. The summed E-state index contributed by atoms with van der Waals surface area (Å²) in [6, 6.07) is 16.6. The average molecular weight is 347 g/mol. The van der Waals surface area contributed by atoms with Gasteiger partial charge in [-0.05, 0) is 42.3 Å². The number of hydrogen-bond acceptors (Lipinski definition) is 3. The topological polar surface area (TPSA) is 36.4 Å². The van der Waals surface area contributed by atoms with Gasteiger partial charge in [0.2, 0.25) is 5.91 Å². The number of amides is 1. The smallest absolute Gasteiger partial charge is 0.244 e. The zero-order valence-corrected chi connectivity index (χ0v) is 14.2. The fourth-order valence-electron chi connectivity index (χ4n) is 4.26. The molecule has 5 rings (SSSR count). The van der Waals surface area contributed by atoms with E-state index in [1.165, 1.54) is 11.6 Å². The molecule has 2 aromatic carbocycles. The molecule has 0 spiro atoms. The predicted molar refractivity (Wildman–Crippen MR) is 98.2 cm³/mol. The van der Waals surface area contributed by atoms with E-state index in [0.29, 0.717) is 5.69 Å². The van der Waals surface area contributed by atoms with Crippen LogP contribution in [0.3, 0.4) is 0 Å². The van der Waals surface area contributed by atoms with Gasteiger partial charge in [-0.15, -0.1) is 0 Å². The van der Waals surface area contributed by atoms with Crippen LogP contribution in [0, 0.1) is 5.82 Å². The summed E-state index contributed by atoms with van der Waals surface area (Å²) in [6.45, 7) is 1.50. The van der Waals surface area contributed by atoms with E-state index in [1.54, 1.807) is 29.3 Å². The van der Waals surface area contributed by atoms with Gasteiger partial charge in [0.15, 0.2) is 0 Å². The van der Waals surface area contributed by atoms with E-state index in [-0.39, 0.29) is 23.8 Å². The van der Waals surface area contributed by atoms with Crippen molar-refractivity contribution in [3.05, 3.63) is 72.2 Å². The van der Waals surface area contributed by atoms with Crippen LogP contribution in [-0.4, -0.2) is 34.4 Å². The quantitative estimate of drug-likeness (QED) is 0.729. The third-order valence-corrected chi connectivity index (χ3v) is 5.43. The fraction of sp³-hybridized carbons (Fsp3) is 0.238. The molecule has 0 radical (unpaired) electrons. The third-order valence-electron chi connectivity index (χ3n) is 5.43. The van der Waals surface area contributed by atoms with Crippen LogP contribution >= 0.6 is 0 Å². The minimum Gasteiger partial charge on any atom is -0.304 e. The molecule has 2 aliphatic rings. The normalized spacial score (nSPS) is 22.5. The molecule has 1 aromatic heterocycles. The number of pyridine rings is 1. The van der Waals surface area contributed by atoms with Crippen molar-refractivity contribution in [3.63, 3.8) is 0 Å². The van der Waals surface area contributed by atoms with E-state index in [0.717, 1.165) is 30.4 Å². The van der Waals surface area contributed by atoms with Crippen LogP contribution in [0.5, 0.6) is 0 Å². The van der Waals surface area contributed by atoms with Crippen molar-refractivity contribution >= 4 is 22.5 Å². The Morgan fingerprint density at radius 2 is 2.00 bits per heavy atom. The summed E-state index contributed by atoms with van der Waals surface area (Å²) in [5.41, 5.74) is 2.55. The van der Waals surface area contributed by atoms with Crippen molar-refractivity contribution in [1.29, 1.82) is 0 Å². The first-order valence-electron chi connectivity index (χ1n) is 8.86. The fourth-order valence-corrected chi connectivity index (χ4v) is 4.26. The van der Waals surface area contributed by atoms with Gasteiger partial charge in [0.05, 0.1) is 23.3 Å². The minimum absolute atomic E-state index is 0.00815. The van der Waals surface area contributed by atoms with Crippen molar-refractivity contribution in [3.8, 4) is 0 Å². The summed E-state index contributed by atoms with van der Waals surface area (Å²) in [5.74, 6) is -0.323. The first-order chi connectivity index (χ1) is 12.7. The number of para-hydroxylation sites is 1.